The van der Waals surface area contributed by atoms with Crippen molar-refractivity contribution in [2.45, 2.75) is 26.2 Å². The van der Waals surface area contributed by atoms with Crippen LogP contribution in [0.25, 0.3) is 0 Å². The SMILES string of the molecule is COc1ccc(N(C)CCC#N)cc1C(C)C. The molecule has 0 saturated carbocycles. The molecule has 0 unspecified atom stereocenters. The molecule has 0 heterocycles. The molecule has 92 valence electrons. The maximum atomic E-state index is 8.59. The summed E-state index contributed by atoms with van der Waals surface area (Å²) in [6.45, 7) is 5.05. The third-order valence-corrected chi connectivity index (χ3v) is 2.84. The summed E-state index contributed by atoms with van der Waals surface area (Å²) in [6.07, 6.45) is 0.541. The molecule has 0 radical (unpaired) electrons. The van der Waals surface area contributed by atoms with Gasteiger partial charge in [0.25, 0.3) is 0 Å². The van der Waals surface area contributed by atoms with Crippen molar-refractivity contribution in [3.05, 3.63) is 23.8 Å². The van der Waals surface area contributed by atoms with Crippen LogP contribution in [0.15, 0.2) is 18.2 Å². The number of nitriles is 1. The lowest BCUT2D eigenvalue weighted by Crippen LogP contribution is -2.18. The van der Waals surface area contributed by atoms with Crippen LogP contribution in [0.2, 0.25) is 0 Å². The van der Waals surface area contributed by atoms with E-state index in [0.29, 0.717) is 12.3 Å². The largest absolute Gasteiger partial charge is 0.496 e. The van der Waals surface area contributed by atoms with Crippen molar-refractivity contribution in [3.63, 3.8) is 0 Å². The number of nitrogens with zero attached hydrogens (tertiary/aromatic N) is 2. The normalized spacial score (nSPS) is 10.1. The third kappa shape index (κ3) is 3.39. The van der Waals surface area contributed by atoms with E-state index in [4.69, 9.17) is 10.00 Å². The summed E-state index contributed by atoms with van der Waals surface area (Å²) < 4.78 is 5.35. The first-order valence-electron chi connectivity index (χ1n) is 5.86. The predicted molar refractivity (Wildman–Crippen MR) is 70.6 cm³/mol. The van der Waals surface area contributed by atoms with Gasteiger partial charge in [0.05, 0.1) is 19.6 Å². The number of methoxy groups -OCH3 is 1. The van der Waals surface area contributed by atoms with Crippen LogP contribution in [0, 0.1) is 11.3 Å². The molecule has 0 N–H and O–H groups in total. The molecule has 0 aliphatic rings. The van der Waals surface area contributed by atoms with Crippen LogP contribution in [0.1, 0.15) is 31.7 Å². The van der Waals surface area contributed by atoms with Crippen molar-refractivity contribution in [2.75, 3.05) is 25.6 Å². The van der Waals surface area contributed by atoms with Gasteiger partial charge in [0.15, 0.2) is 0 Å². The molecule has 3 nitrogen and oxygen atoms in total. The summed E-state index contributed by atoms with van der Waals surface area (Å²) in [5, 5.41) is 8.59. The fourth-order valence-electron chi connectivity index (χ4n) is 1.76. The van der Waals surface area contributed by atoms with Crippen LogP contribution in [-0.2, 0) is 0 Å². The Kier molecular flexibility index (Phi) is 4.84. The number of hydrogen-bond donors (Lipinski definition) is 0. The van der Waals surface area contributed by atoms with Crippen LogP contribution in [-0.4, -0.2) is 20.7 Å². The second kappa shape index (κ2) is 6.15. The van der Waals surface area contributed by atoms with Gasteiger partial charge in [0.1, 0.15) is 5.75 Å². The maximum Gasteiger partial charge on any atom is 0.122 e. The first kappa shape index (κ1) is 13.4. The quantitative estimate of drug-likeness (QED) is 0.782. The molecule has 0 saturated heterocycles. The zero-order chi connectivity index (χ0) is 12.8. The van der Waals surface area contributed by atoms with Gasteiger partial charge in [-0.3, -0.25) is 0 Å². The first-order chi connectivity index (χ1) is 8.10. The fraction of sp³-hybridized carbons (Fsp3) is 0.500. The molecule has 0 atom stereocenters. The van der Waals surface area contributed by atoms with Crippen molar-refractivity contribution in [1.29, 1.82) is 5.26 Å². The Hall–Kier alpha value is -1.69. The van der Waals surface area contributed by atoms with E-state index in [1.165, 1.54) is 5.56 Å². The molecule has 1 rings (SSSR count). The highest BCUT2D eigenvalue weighted by Crippen LogP contribution is 2.30. The minimum absolute atomic E-state index is 0.425. The van der Waals surface area contributed by atoms with Gasteiger partial charge in [0.2, 0.25) is 0 Å². The number of ether oxygens (including phenoxy) is 1. The lowest BCUT2D eigenvalue weighted by molar-refractivity contribution is 0.407. The lowest BCUT2D eigenvalue weighted by atomic mass is 10.0. The number of hydrogen-bond acceptors (Lipinski definition) is 3. The number of anilines is 1. The summed E-state index contributed by atoms with van der Waals surface area (Å²) in [7, 11) is 3.70. The highest BCUT2D eigenvalue weighted by atomic mass is 16.5. The molecule has 1 aromatic rings. The Bertz CT molecular complexity index is 407. The topological polar surface area (TPSA) is 36.3 Å². The van der Waals surface area contributed by atoms with E-state index in [1.807, 2.05) is 19.2 Å². The van der Waals surface area contributed by atoms with Crippen LogP contribution in [0.4, 0.5) is 5.69 Å². The van der Waals surface area contributed by atoms with E-state index >= 15 is 0 Å². The monoisotopic (exact) mass is 232 g/mol. The third-order valence-electron chi connectivity index (χ3n) is 2.84. The van der Waals surface area contributed by atoms with E-state index < -0.39 is 0 Å². The van der Waals surface area contributed by atoms with E-state index in [2.05, 4.69) is 30.9 Å². The minimum Gasteiger partial charge on any atom is -0.496 e. The van der Waals surface area contributed by atoms with Crippen molar-refractivity contribution in [3.8, 4) is 11.8 Å². The molecule has 0 amide bonds. The lowest BCUT2D eigenvalue weighted by Gasteiger charge is -2.21. The van der Waals surface area contributed by atoms with E-state index in [-0.39, 0.29) is 0 Å². The molecule has 0 aliphatic carbocycles. The van der Waals surface area contributed by atoms with Gasteiger partial charge in [-0.15, -0.1) is 0 Å². The number of benzene rings is 1. The van der Waals surface area contributed by atoms with Crippen molar-refractivity contribution >= 4 is 5.69 Å². The van der Waals surface area contributed by atoms with Crippen LogP contribution in [0.5, 0.6) is 5.75 Å². The maximum absolute atomic E-state index is 8.59. The Morgan fingerprint density at radius 2 is 2.12 bits per heavy atom. The summed E-state index contributed by atoms with van der Waals surface area (Å²) >= 11 is 0. The molecule has 0 spiro atoms. The van der Waals surface area contributed by atoms with Crippen LogP contribution >= 0.6 is 0 Å². The minimum atomic E-state index is 0.425. The molecule has 3 heteroatoms. The molecule has 0 bridgehead atoms. The summed E-state index contributed by atoms with van der Waals surface area (Å²) in [6, 6.07) is 8.33. The molecule has 0 aromatic heterocycles. The van der Waals surface area contributed by atoms with Gasteiger partial charge >= 0.3 is 0 Å². The first-order valence-corrected chi connectivity index (χ1v) is 5.86. The number of rotatable bonds is 5. The average molecular weight is 232 g/mol. The molecular formula is C14H20N2O. The second-order valence-corrected chi connectivity index (χ2v) is 4.41. The van der Waals surface area contributed by atoms with Crippen molar-refractivity contribution in [1.82, 2.24) is 0 Å². The smallest absolute Gasteiger partial charge is 0.122 e. The zero-order valence-electron chi connectivity index (χ0n) is 11.0. The average Bonchev–Trinajstić information content (AvgIpc) is 2.34. The van der Waals surface area contributed by atoms with Crippen LogP contribution in [0.3, 0.4) is 0 Å². The standard InChI is InChI=1S/C14H20N2O/c1-11(2)13-10-12(6-7-14(13)17-4)16(3)9-5-8-15/h6-7,10-11H,5,9H2,1-4H3. The van der Waals surface area contributed by atoms with E-state index in [9.17, 15) is 0 Å². The van der Waals surface area contributed by atoms with E-state index in [1.54, 1.807) is 7.11 Å². The van der Waals surface area contributed by atoms with Gasteiger partial charge in [-0.25, -0.2) is 0 Å². The molecule has 1 aromatic carbocycles. The van der Waals surface area contributed by atoms with Crippen LogP contribution < -0.4 is 9.64 Å². The molecule has 0 aliphatic heterocycles. The van der Waals surface area contributed by atoms with Gasteiger partial charge in [0, 0.05) is 19.3 Å². The highest BCUT2D eigenvalue weighted by Gasteiger charge is 2.10. The van der Waals surface area contributed by atoms with Crippen molar-refractivity contribution in [2.24, 2.45) is 0 Å². The Morgan fingerprint density at radius 1 is 1.41 bits per heavy atom. The molecule has 17 heavy (non-hydrogen) atoms. The zero-order valence-corrected chi connectivity index (χ0v) is 11.0. The predicted octanol–water partition coefficient (Wildman–Crippen LogP) is 3.17. The molecular weight excluding hydrogens is 212 g/mol. The Labute approximate surface area is 104 Å². The Balaban J connectivity index is 2.96. The molecule has 0 fully saturated rings. The van der Waals surface area contributed by atoms with Crippen molar-refractivity contribution < 1.29 is 4.74 Å². The van der Waals surface area contributed by atoms with Gasteiger partial charge < -0.3 is 9.64 Å². The Morgan fingerprint density at radius 3 is 2.65 bits per heavy atom. The van der Waals surface area contributed by atoms with Gasteiger partial charge in [-0.2, -0.15) is 5.26 Å². The fourth-order valence-corrected chi connectivity index (χ4v) is 1.76. The summed E-state index contributed by atoms with van der Waals surface area (Å²) in [4.78, 5) is 2.09. The van der Waals surface area contributed by atoms with Gasteiger partial charge in [-0.05, 0) is 29.7 Å². The highest BCUT2D eigenvalue weighted by molar-refractivity contribution is 5.53. The summed E-state index contributed by atoms with van der Waals surface area (Å²) in [5.74, 6) is 1.35. The van der Waals surface area contributed by atoms with Gasteiger partial charge in [-0.1, -0.05) is 13.8 Å². The second-order valence-electron chi connectivity index (χ2n) is 4.41. The summed E-state index contributed by atoms with van der Waals surface area (Å²) in [5.41, 5.74) is 2.33. The van der Waals surface area contributed by atoms with E-state index in [0.717, 1.165) is 18.0 Å².